The van der Waals surface area contributed by atoms with Gasteiger partial charge in [0.25, 0.3) is 0 Å². The van der Waals surface area contributed by atoms with Crippen molar-refractivity contribution in [2.45, 2.75) is 18.9 Å². The zero-order valence-electron chi connectivity index (χ0n) is 11.1. The number of nitrogens with zero attached hydrogens (tertiary/aromatic N) is 1. The lowest BCUT2D eigenvalue weighted by Gasteiger charge is -2.09. The molecular formula is C16H14BrNOS. The molecule has 102 valence electrons. The number of benzene rings is 2. The summed E-state index contributed by atoms with van der Waals surface area (Å²) >= 11 is 5.19. The minimum Gasteiger partial charge on any atom is -0.486 e. The summed E-state index contributed by atoms with van der Waals surface area (Å²) in [5.41, 5.74) is 3.46. The molecule has 20 heavy (non-hydrogen) atoms. The summed E-state index contributed by atoms with van der Waals surface area (Å²) in [6.45, 7) is 2.60. The van der Waals surface area contributed by atoms with Crippen LogP contribution in [-0.4, -0.2) is 4.98 Å². The van der Waals surface area contributed by atoms with Crippen molar-refractivity contribution in [3.8, 4) is 5.75 Å². The van der Waals surface area contributed by atoms with Gasteiger partial charge in [0.15, 0.2) is 0 Å². The van der Waals surface area contributed by atoms with Crippen molar-refractivity contribution in [2.24, 2.45) is 0 Å². The molecule has 4 heteroatoms. The number of alkyl halides is 1. The highest BCUT2D eigenvalue weighted by molar-refractivity contribution is 9.08. The van der Waals surface area contributed by atoms with Crippen LogP contribution in [-0.2, 0) is 11.9 Å². The quantitative estimate of drug-likeness (QED) is 0.614. The second-order valence-electron chi connectivity index (χ2n) is 4.61. The zero-order chi connectivity index (χ0) is 13.9. The maximum Gasteiger partial charge on any atom is 0.140 e. The van der Waals surface area contributed by atoms with E-state index in [0.29, 0.717) is 6.61 Å². The first kappa shape index (κ1) is 13.6. The van der Waals surface area contributed by atoms with Crippen LogP contribution >= 0.6 is 27.3 Å². The van der Waals surface area contributed by atoms with E-state index in [1.54, 1.807) is 11.3 Å². The second kappa shape index (κ2) is 5.94. The Balaban J connectivity index is 1.79. The first-order chi connectivity index (χ1) is 9.76. The van der Waals surface area contributed by atoms with Gasteiger partial charge in [0.1, 0.15) is 17.4 Å². The van der Waals surface area contributed by atoms with Crippen LogP contribution in [0.3, 0.4) is 0 Å². The molecule has 0 bridgehead atoms. The molecule has 3 rings (SSSR count). The maximum atomic E-state index is 5.92. The van der Waals surface area contributed by atoms with E-state index in [-0.39, 0.29) is 0 Å². The molecule has 0 unspecified atom stereocenters. The fourth-order valence-electron chi connectivity index (χ4n) is 2.07. The Labute approximate surface area is 130 Å². The predicted molar refractivity (Wildman–Crippen MR) is 87.8 cm³/mol. The van der Waals surface area contributed by atoms with Gasteiger partial charge in [-0.15, -0.1) is 11.3 Å². The number of aryl methyl sites for hydroxylation is 1. The Kier molecular flexibility index (Phi) is 4.03. The summed E-state index contributed by atoms with van der Waals surface area (Å²) < 4.78 is 7.12. The largest absolute Gasteiger partial charge is 0.486 e. The zero-order valence-corrected chi connectivity index (χ0v) is 13.5. The van der Waals surface area contributed by atoms with Crippen LogP contribution < -0.4 is 4.74 Å². The molecule has 2 nitrogen and oxygen atoms in total. The molecule has 0 aliphatic rings. The fourth-order valence-corrected chi connectivity index (χ4v) is 3.39. The number of ether oxygens (including phenoxy) is 1. The summed E-state index contributed by atoms with van der Waals surface area (Å²) in [4.78, 5) is 4.58. The number of rotatable bonds is 4. The van der Waals surface area contributed by atoms with Crippen molar-refractivity contribution in [3.63, 3.8) is 0 Å². The molecule has 0 N–H and O–H groups in total. The van der Waals surface area contributed by atoms with Gasteiger partial charge in [-0.2, -0.15) is 0 Å². The van der Waals surface area contributed by atoms with Crippen molar-refractivity contribution in [2.75, 3.05) is 0 Å². The summed E-state index contributed by atoms with van der Waals surface area (Å²) in [5.74, 6) is 0.923. The van der Waals surface area contributed by atoms with Crippen molar-refractivity contribution in [3.05, 3.63) is 58.6 Å². The number of aromatic nitrogens is 1. The molecule has 0 saturated carbocycles. The van der Waals surface area contributed by atoms with Crippen molar-refractivity contribution in [1.82, 2.24) is 4.98 Å². The topological polar surface area (TPSA) is 22.1 Å². The number of hydrogen-bond donors (Lipinski definition) is 0. The van der Waals surface area contributed by atoms with Crippen LogP contribution in [0, 0.1) is 6.92 Å². The van der Waals surface area contributed by atoms with Crippen molar-refractivity contribution in [1.29, 1.82) is 0 Å². The highest BCUT2D eigenvalue weighted by Gasteiger charge is 2.07. The third kappa shape index (κ3) is 2.86. The molecule has 3 aromatic rings. The molecule has 0 amide bonds. The first-order valence-corrected chi connectivity index (χ1v) is 8.33. The standard InChI is InChI=1S/C16H14BrNOS/c1-11-6-7-14(12(8-11)9-17)19-10-16-18-13-4-2-3-5-15(13)20-16/h2-8H,9-10H2,1H3. The molecule has 2 aromatic carbocycles. The lowest BCUT2D eigenvalue weighted by molar-refractivity contribution is 0.303. The van der Waals surface area contributed by atoms with Gasteiger partial charge in [-0.25, -0.2) is 4.98 Å². The highest BCUT2D eigenvalue weighted by atomic mass is 79.9. The van der Waals surface area contributed by atoms with Crippen molar-refractivity contribution < 1.29 is 4.74 Å². The lowest BCUT2D eigenvalue weighted by atomic mass is 10.1. The minimum absolute atomic E-state index is 0.516. The van der Waals surface area contributed by atoms with Crippen LogP contribution in [0.5, 0.6) is 5.75 Å². The molecule has 0 aliphatic heterocycles. The van der Waals surface area contributed by atoms with Gasteiger partial charge in [-0.1, -0.05) is 45.8 Å². The number of hydrogen-bond acceptors (Lipinski definition) is 3. The van der Waals surface area contributed by atoms with Crippen LogP contribution in [0.1, 0.15) is 16.1 Å². The molecule has 0 spiro atoms. The predicted octanol–water partition coefficient (Wildman–Crippen LogP) is 5.08. The summed E-state index contributed by atoms with van der Waals surface area (Å²) in [6, 6.07) is 14.4. The number of halogens is 1. The van der Waals surface area contributed by atoms with Gasteiger partial charge in [0.05, 0.1) is 10.2 Å². The van der Waals surface area contributed by atoms with E-state index in [1.165, 1.54) is 15.8 Å². The monoisotopic (exact) mass is 347 g/mol. The molecule has 0 radical (unpaired) electrons. The summed E-state index contributed by atoms with van der Waals surface area (Å²) in [7, 11) is 0. The van der Waals surface area contributed by atoms with E-state index < -0.39 is 0 Å². The molecule has 0 atom stereocenters. The average Bonchev–Trinajstić information content (AvgIpc) is 2.88. The lowest BCUT2D eigenvalue weighted by Crippen LogP contribution is -1.97. The Hall–Kier alpha value is -1.39. The van der Waals surface area contributed by atoms with Gasteiger partial charge in [-0.3, -0.25) is 0 Å². The number of para-hydroxylation sites is 1. The summed E-state index contributed by atoms with van der Waals surface area (Å²) in [6.07, 6.45) is 0. The molecule has 0 fully saturated rings. The number of fused-ring (bicyclic) bond motifs is 1. The van der Waals surface area contributed by atoms with Crippen molar-refractivity contribution >= 4 is 37.5 Å². The molecular weight excluding hydrogens is 334 g/mol. The van der Waals surface area contributed by atoms with E-state index in [0.717, 1.165) is 21.6 Å². The molecule has 0 saturated heterocycles. The minimum atomic E-state index is 0.516. The van der Waals surface area contributed by atoms with E-state index >= 15 is 0 Å². The first-order valence-electron chi connectivity index (χ1n) is 6.39. The Morgan fingerprint density at radius 3 is 2.85 bits per heavy atom. The van der Waals surface area contributed by atoms with Crippen LogP contribution in [0.25, 0.3) is 10.2 Å². The highest BCUT2D eigenvalue weighted by Crippen LogP contribution is 2.26. The number of thiazole rings is 1. The fraction of sp³-hybridized carbons (Fsp3) is 0.188. The average molecular weight is 348 g/mol. The van der Waals surface area contributed by atoms with Gasteiger partial charge in [0, 0.05) is 10.9 Å². The van der Waals surface area contributed by atoms with Crippen LogP contribution in [0.2, 0.25) is 0 Å². The SMILES string of the molecule is Cc1ccc(OCc2nc3ccccc3s2)c(CBr)c1. The van der Waals surface area contributed by atoms with Gasteiger partial charge >= 0.3 is 0 Å². The third-order valence-corrected chi connectivity index (χ3v) is 4.66. The Morgan fingerprint density at radius 1 is 1.20 bits per heavy atom. The van der Waals surface area contributed by atoms with E-state index in [4.69, 9.17) is 4.74 Å². The third-order valence-electron chi connectivity index (χ3n) is 3.05. The normalized spacial score (nSPS) is 10.9. The molecule has 1 heterocycles. The Bertz CT molecular complexity index is 705. The maximum absolute atomic E-state index is 5.92. The van der Waals surface area contributed by atoms with E-state index in [2.05, 4.69) is 46.0 Å². The van der Waals surface area contributed by atoms with Gasteiger partial charge < -0.3 is 4.74 Å². The van der Waals surface area contributed by atoms with E-state index in [1.807, 2.05) is 24.3 Å². The Morgan fingerprint density at radius 2 is 2.05 bits per heavy atom. The molecule has 0 aliphatic carbocycles. The second-order valence-corrected chi connectivity index (χ2v) is 6.28. The van der Waals surface area contributed by atoms with E-state index in [9.17, 15) is 0 Å². The van der Waals surface area contributed by atoms with Gasteiger partial charge in [-0.05, 0) is 25.1 Å². The van der Waals surface area contributed by atoms with Gasteiger partial charge in [0.2, 0.25) is 0 Å². The van der Waals surface area contributed by atoms with Crippen LogP contribution in [0.4, 0.5) is 0 Å². The summed E-state index contributed by atoms with van der Waals surface area (Å²) in [5, 5.41) is 1.80. The smallest absolute Gasteiger partial charge is 0.140 e. The van der Waals surface area contributed by atoms with Crippen LogP contribution in [0.15, 0.2) is 42.5 Å². The molecule has 1 aromatic heterocycles.